The monoisotopic (exact) mass is 409 g/mol. The Labute approximate surface area is 165 Å². The fourth-order valence-corrected chi connectivity index (χ4v) is 3.10. The van der Waals surface area contributed by atoms with E-state index in [2.05, 4.69) is 15.3 Å². The van der Waals surface area contributed by atoms with Gasteiger partial charge >= 0.3 is 6.18 Å². The van der Waals surface area contributed by atoms with Crippen molar-refractivity contribution >= 4 is 17.5 Å². The molecule has 1 aliphatic heterocycles. The molecule has 1 aromatic heterocycles. The van der Waals surface area contributed by atoms with Gasteiger partial charge in [0.05, 0.1) is 5.56 Å². The SMILES string of the molecule is CC(C)NC(=O)c1cnc(N2CCN(c3cccc(C(F)(F)F)c3)CC2)[nH]c1=O. The number of carbonyl (C=O) groups is 1. The van der Waals surface area contributed by atoms with Crippen molar-refractivity contribution in [3.05, 3.63) is 51.9 Å². The summed E-state index contributed by atoms with van der Waals surface area (Å²) < 4.78 is 38.8. The van der Waals surface area contributed by atoms with Crippen LogP contribution in [0.2, 0.25) is 0 Å². The van der Waals surface area contributed by atoms with Crippen LogP contribution in [0.3, 0.4) is 0 Å². The summed E-state index contributed by atoms with van der Waals surface area (Å²) in [6, 6.07) is 5.12. The number of nitrogens with zero attached hydrogens (tertiary/aromatic N) is 3. The maximum Gasteiger partial charge on any atom is 0.416 e. The van der Waals surface area contributed by atoms with Crippen molar-refractivity contribution in [1.29, 1.82) is 0 Å². The largest absolute Gasteiger partial charge is 0.416 e. The van der Waals surface area contributed by atoms with Gasteiger partial charge in [0, 0.05) is 44.1 Å². The lowest BCUT2D eigenvalue weighted by atomic mass is 10.1. The molecule has 0 unspecified atom stereocenters. The van der Waals surface area contributed by atoms with E-state index in [4.69, 9.17) is 0 Å². The van der Waals surface area contributed by atoms with Crippen LogP contribution in [0.15, 0.2) is 35.3 Å². The molecule has 0 atom stereocenters. The zero-order chi connectivity index (χ0) is 21.2. The van der Waals surface area contributed by atoms with Crippen molar-refractivity contribution in [2.24, 2.45) is 0 Å². The molecule has 1 aliphatic rings. The summed E-state index contributed by atoms with van der Waals surface area (Å²) >= 11 is 0. The molecule has 156 valence electrons. The fourth-order valence-electron chi connectivity index (χ4n) is 3.10. The maximum atomic E-state index is 12.9. The highest BCUT2D eigenvalue weighted by Gasteiger charge is 2.31. The van der Waals surface area contributed by atoms with E-state index >= 15 is 0 Å². The maximum absolute atomic E-state index is 12.9. The van der Waals surface area contributed by atoms with Gasteiger partial charge in [-0.3, -0.25) is 14.6 Å². The molecule has 2 aromatic rings. The Morgan fingerprint density at radius 3 is 2.41 bits per heavy atom. The van der Waals surface area contributed by atoms with Crippen molar-refractivity contribution in [2.75, 3.05) is 36.0 Å². The highest BCUT2D eigenvalue weighted by molar-refractivity contribution is 5.93. The number of amides is 1. The van der Waals surface area contributed by atoms with Gasteiger partial charge in [-0.25, -0.2) is 4.98 Å². The predicted molar refractivity (Wildman–Crippen MR) is 103 cm³/mol. The van der Waals surface area contributed by atoms with Crippen molar-refractivity contribution < 1.29 is 18.0 Å². The Bertz CT molecular complexity index is 934. The van der Waals surface area contributed by atoms with Gasteiger partial charge in [-0.05, 0) is 32.0 Å². The van der Waals surface area contributed by atoms with Crippen LogP contribution in [0.1, 0.15) is 29.8 Å². The van der Waals surface area contributed by atoms with Gasteiger partial charge in [0.25, 0.3) is 11.5 Å². The Morgan fingerprint density at radius 1 is 1.17 bits per heavy atom. The average molecular weight is 409 g/mol. The van der Waals surface area contributed by atoms with Crippen molar-refractivity contribution in [1.82, 2.24) is 15.3 Å². The number of hydrogen-bond donors (Lipinski definition) is 2. The third kappa shape index (κ3) is 4.87. The molecule has 0 aliphatic carbocycles. The van der Waals surface area contributed by atoms with E-state index in [0.29, 0.717) is 37.8 Å². The van der Waals surface area contributed by atoms with Crippen LogP contribution in [0.4, 0.5) is 24.8 Å². The molecule has 3 rings (SSSR count). The van der Waals surface area contributed by atoms with Crippen molar-refractivity contribution in [3.8, 4) is 0 Å². The Morgan fingerprint density at radius 2 is 1.83 bits per heavy atom. The molecule has 1 saturated heterocycles. The lowest BCUT2D eigenvalue weighted by molar-refractivity contribution is -0.137. The zero-order valence-electron chi connectivity index (χ0n) is 16.1. The first-order valence-electron chi connectivity index (χ1n) is 9.22. The molecule has 2 heterocycles. The van der Waals surface area contributed by atoms with E-state index < -0.39 is 23.2 Å². The van der Waals surface area contributed by atoms with Crippen molar-refractivity contribution in [2.45, 2.75) is 26.1 Å². The highest BCUT2D eigenvalue weighted by Crippen LogP contribution is 2.32. The quantitative estimate of drug-likeness (QED) is 0.810. The number of aromatic amines is 1. The summed E-state index contributed by atoms with van der Waals surface area (Å²) in [5.41, 5.74) is -0.779. The first-order valence-corrected chi connectivity index (χ1v) is 9.22. The molecular formula is C19H22F3N5O2. The molecule has 7 nitrogen and oxygen atoms in total. The highest BCUT2D eigenvalue weighted by atomic mass is 19.4. The summed E-state index contributed by atoms with van der Waals surface area (Å²) in [5, 5.41) is 2.64. The minimum absolute atomic E-state index is 0.0648. The van der Waals surface area contributed by atoms with Crippen LogP contribution in [0.5, 0.6) is 0 Å². The molecular weight excluding hydrogens is 387 g/mol. The lowest BCUT2D eigenvalue weighted by Gasteiger charge is -2.36. The number of hydrogen-bond acceptors (Lipinski definition) is 5. The van der Waals surface area contributed by atoms with Gasteiger partial charge in [0.1, 0.15) is 5.56 Å². The fraction of sp³-hybridized carbons (Fsp3) is 0.421. The first kappa shape index (κ1) is 20.7. The summed E-state index contributed by atoms with van der Waals surface area (Å²) in [4.78, 5) is 34.7. The number of carbonyl (C=O) groups excluding carboxylic acids is 1. The number of benzene rings is 1. The molecule has 0 saturated carbocycles. The predicted octanol–water partition coefficient (Wildman–Crippen LogP) is 2.25. The second-order valence-electron chi connectivity index (χ2n) is 7.10. The topological polar surface area (TPSA) is 81.3 Å². The number of rotatable bonds is 4. The molecule has 1 aromatic carbocycles. The van der Waals surface area contributed by atoms with Crippen LogP contribution in [-0.4, -0.2) is 48.1 Å². The Balaban J connectivity index is 1.68. The number of halogens is 3. The number of alkyl halides is 3. The summed E-state index contributed by atoms with van der Waals surface area (Å²) in [6.45, 7) is 5.46. The van der Waals surface area contributed by atoms with Crippen LogP contribution < -0.4 is 20.7 Å². The molecule has 29 heavy (non-hydrogen) atoms. The lowest BCUT2D eigenvalue weighted by Crippen LogP contribution is -2.47. The van der Waals surface area contributed by atoms with Gasteiger partial charge in [-0.15, -0.1) is 0 Å². The summed E-state index contributed by atoms with van der Waals surface area (Å²) in [5.74, 6) is -0.158. The van der Waals surface area contributed by atoms with E-state index in [9.17, 15) is 22.8 Å². The molecule has 0 bridgehead atoms. The minimum Gasteiger partial charge on any atom is -0.368 e. The molecule has 1 amide bonds. The van der Waals surface area contributed by atoms with Gasteiger partial charge in [-0.1, -0.05) is 6.07 Å². The first-order chi connectivity index (χ1) is 13.6. The summed E-state index contributed by atoms with van der Waals surface area (Å²) in [6.07, 6.45) is -3.14. The smallest absolute Gasteiger partial charge is 0.368 e. The van der Waals surface area contributed by atoms with Crippen LogP contribution in [0.25, 0.3) is 0 Å². The van der Waals surface area contributed by atoms with Crippen LogP contribution >= 0.6 is 0 Å². The van der Waals surface area contributed by atoms with Crippen LogP contribution in [0, 0.1) is 0 Å². The summed E-state index contributed by atoms with van der Waals surface area (Å²) in [7, 11) is 0. The molecule has 1 fully saturated rings. The number of nitrogens with one attached hydrogen (secondary N) is 2. The average Bonchev–Trinajstić information content (AvgIpc) is 2.67. The molecule has 0 spiro atoms. The Kier molecular flexibility index (Phi) is 5.81. The second-order valence-corrected chi connectivity index (χ2v) is 7.10. The van der Waals surface area contributed by atoms with Crippen LogP contribution in [-0.2, 0) is 6.18 Å². The number of anilines is 2. The van der Waals surface area contributed by atoms with Gasteiger partial charge in [0.15, 0.2) is 0 Å². The third-order valence-corrected chi connectivity index (χ3v) is 4.57. The number of piperazine rings is 1. The molecule has 10 heteroatoms. The van der Waals surface area contributed by atoms with E-state index in [-0.39, 0.29) is 11.6 Å². The third-order valence-electron chi connectivity index (χ3n) is 4.57. The van der Waals surface area contributed by atoms with Gasteiger partial charge in [0.2, 0.25) is 5.95 Å². The standard InChI is InChI=1S/C19H22F3N5O2/c1-12(2)24-16(28)15-11-23-18(25-17(15)29)27-8-6-26(7-9-27)14-5-3-4-13(10-14)19(20,21)22/h3-5,10-12H,6-9H2,1-2H3,(H,24,28)(H,23,25,29). The second kappa shape index (κ2) is 8.14. The zero-order valence-corrected chi connectivity index (χ0v) is 16.1. The Hall–Kier alpha value is -3.04. The van der Waals surface area contributed by atoms with E-state index in [1.165, 1.54) is 12.3 Å². The van der Waals surface area contributed by atoms with E-state index in [1.807, 2.05) is 9.80 Å². The normalized spacial score (nSPS) is 15.0. The van der Waals surface area contributed by atoms with E-state index in [0.717, 1.165) is 12.1 Å². The number of aromatic nitrogens is 2. The number of H-pyrrole nitrogens is 1. The van der Waals surface area contributed by atoms with E-state index in [1.54, 1.807) is 19.9 Å². The van der Waals surface area contributed by atoms with Crippen molar-refractivity contribution in [3.63, 3.8) is 0 Å². The van der Waals surface area contributed by atoms with Gasteiger partial charge in [-0.2, -0.15) is 13.2 Å². The molecule has 0 radical (unpaired) electrons. The van der Waals surface area contributed by atoms with Gasteiger partial charge < -0.3 is 15.1 Å². The molecule has 2 N–H and O–H groups in total. The minimum atomic E-state index is -4.38.